The molecule has 1 aromatic carbocycles. The van der Waals surface area contributed by atoms with E-state index < -0.39 is 24.2 Å². The first-order valence-electron chi connectivity index (χ1n) is 7.09. The van der Waals surface area contributed by atoms with Gasteiger partial charge in [-0.15, -0.1) is 0 Å². The first-order chi connectivity index (χ1) is 11.7. The van der Waals surface area contributed by atoms with Gasteiger partial charge >= 0.3 is 6.18 Å². The Bertz CT molecular complexity index is 842. The topological polar surface area (TPSA) is 65.8 Å². The quantitative estimate of drug-likeness (QED) is 0.820. The molecule has 1 aliphatic rings. The molecule has 1 N–H and O–H groups in total. The van der Waals surface area contributed by atoms with Crippen LogP contribution in [-0.4, -0.2) is 38.6 Å². The third kappa shape index (κ3) is 3.16. The van der Waals surface area contributed by atoms with Crippen LogP contribution in [0.15, 0.2) is 58.4 Å². The molecule has 1 atom stereocenters. The van der Waals surface area contributed by atoms with E-state index >= 15 is 0 Å². The minimum Gasteiger partial charge on any atom is -0.362 e. The molecule has 25 heavy (non-hydrogen) atoms. The standard InChI is InChI=1S/C16H11BrF3N3O2/c17-12-5-1-3-10(7-12)14(24)23-15(25,16(18,19)20)8-13(22-23)11-4-2-6-21-9-11/h1-7,9,25H,8H2/t15-/m0/s1. The van der Waals surface area contributed by atoms with Gasteiger partial charge in [-0.2, -0.15) is 23.3 Å². The summed E-state index contributed by atoms with van der Waals surface area (Å²) < 4.78 is 41.0. The van der Waals surface area contributed by atoms with Gasteiger partial charge in [0, 0.05) is 28.0 Å². The maximum atomic E-state index is 13.5. The highest BCUT2D eigenvalue weighted by Gasteiger charge is 2.63. The molecule has 1 aromatic heterocycles. The van der Waals surface area contributed by atoms with Crippen molar-refractivity contribution < 1.29 is 23.1 Å². The summed E-state index contributed by atoms with van der Waals surface area (Å²) >= 11 is 3.16. The van der Waals surface area contributed by atoms with Crippen LogP contribution in [0, 0.1) is 0 Å². The van der Waals surface area contributed by atoms with Crippen LogP contribution in [-0.2, 0) is 0 Å². The smallest absolute Gasteiger partial charge is 0.362 e. The van der Waals surface area contributed by atoms with Gasteiger partial charge in [0.25, 0.3) is 11.6 Å². The molecule has 0 saturated carbocycles. The van der Waals surface area contributed by atoms with Crippen LogP contribution < -0.4 is 0 Å². The van der Waals surface area contributed by atoms with Gasteiger partial charge in [-0.3, -0.25) is 9.78 Å². The number of hydrogen-bond acceptors (Lipinski definition) is 4. The first-order valence-corrected chi connectivity index (χ1v) is 7.89. The van der Waals surface area contributed by atoms with E-state index in [-0.39, 0.29) is 16.3 Å². The molecule has 0 unspecified atom stereocenters. The fourth-order valence-electron chi connectivity index (χ4n) is 2.42. The molecule has 9 heteroatoms. The summed E-state index contributed by atoms with van der Waals surface area (Å²) in [6.07, 6.45) is -3.17. The van der Waals surface area contributed by atoms with E-state index in [0.717, 1.165) is 0 Å². The molecular formula is C16H11BrF3N3O2. The number of rotatable bonds is 2. The number of aliphatic hydroxyl groups is 1. The van der Waals surface area contributed by atoms with Crippen molar-refractivity contribution in [3.8, 4) is 0 Å². The van der Waals surface area contributed by atoms with Crippen LogP contribution in [0.25, 0.3) is 0 Å². The normalized spacial score (nSPS) is 20.5. The van der Waals surface area contributed by atoms with E-state index in [1.54, 1.807) is 6.07 Å². The van der Waals surface area contributed by atoms with E-state index in [9.17, 15) is 23.1 Å². The van der Waals surface area contributed by atoms with Gasteiger partial charge in [-0.1, -0.05) is 28.1 Å². The van der Waals surface area contributed by atoms with Crippen LogP contribution in [0.2, 0.25) is 0 Å². The van der Waals surface area contributed by atoms with E-state index in [4.69, 9.17) is 0 Å². The number of amides is 1. The highest BCUT2D eigenvalue weighted by molar-refractivity contribution is 9.10. The third-order valence-electron chi connectivity index (χ3n) is 3.70. The van der Waals surface area contributed by atoms with Gasteiger partial charge in [0.1, 0.15) is 0 Å². The molecule has 1 aliphatic heterocycles. The van der Waals surface area contributed by atoms with Crippen LogP contribution in [0.5, 0.6) is 0 Å². The molecule has 1 amide bonds. The number of nitrogens with zero attached hydrogens (tertiary/aromatic N) is 3. The zero-order valence-corrected chi connectivity index (χ0v) is 14.1. The molecule has 2 aromatic rings. The summed E-state index contributed by atoms with van der Waals surface area (Å²) in [6.45, 7) is 0. The van der Waals surface area contributed by atoms with Crippen molar-refractivity contribution in [1.82, 2.24) is 9.99 Å². The minimum absolute atomic E-state index is 0.0340. The Morgan fingerprint density at radius 3 is 2.64 bits per heavy atom. The number of pyridine rings is 1. The molecule has 0 saturated heterocycles. The third-order valence-corrected chi connectivity index (χ3v) is 4.19. The largest absolute Gasteiger partial charge is 0.438 e. The molecule has 130 valence electrons. The summed E-state index contributed by atoms with van der Waals surface area (Å²) in [5, 5.41) is 14.1. The molecule has 2 heterocycles. The second kappa shape index (κ2) is 6.23. The summed E-state index contributed by atoms with van der Waals surface area (Å²) in [5.41, 5.74) is -3.23. The van der Waals surface area contributed by atoms with Crippen LogP contribution in [0.3, 0.4) is 0 Å². The van der Waals surface area contributed by atoms with Crippen molar-refractivity contribution in [2.75, 3.05) is 0 Å². The lowest BCUT2D eigenvalue weighted by molar-refractivity contribution is -0.297. The Kier molecular flexibility index (Phi) is 4.38. The lowest BCUT2D eigenvalue weighted by Gasteiger charge is -2.32. The average Bonchev–Trinajstić information content (AvgIpc) is 2.94. The number of hydrogen-bond donors (Lipinski definition) is 1. The number of carbonyl (C=O) groups is 1. The van der Waals surface area contributed by atoms with E-state index in [1.807, 2.05) is 0 Å². The monoisotopic (exact) mass is 413 g/mol. The maximum Gasteiger partial charge on any atom is 0.438 e. The minimum atomic E-state index is -5.08. The highest BCUT2D eigenvalue weighted by atomic mass is 79.9. The Hall–Kier alpha value is -2.26. The zero-order valence-electron chi connectivity index (χ0n) is 12.5. The van der Waals surface area contributed by atoms with Crippen LogP contribution in [0.4, 0.5) is 13.2 Å². The molecule has 0 fully saturated rings. The van der Waals surface area contributed by atoms with Gasteiger partial charge in [-0.25, -0.2) is 0 Å². The summed E-state index contributed by atoms with van der Waals surface area (Å²) in [7, 11) is 0. The predicted molar refractivity (Wildman–Crippen MR) is 86.7 cm³/mol. The fraction of sp³-hybridized carbons (Fsp3) is 0.188. The Morgan fingerprint density at radius 1 is 1.28 bits per heavy atom. The lowest BCUT2D eigenvalue weighted by atomic mass is 10.0. The van der Waals surface area contributed by atoms with Gasteiger partial charge in [0.05, 0.1) is 12.1 Å². The second-order valence-electron chi connectivity index (χ2n) is 5.41. The summed E-state index contributed by atoms with van der Waals surface area (Å²) in [5.74, 6) is -1.06. The highest BCUT2D eigenvalue weighted by Crippen LogP contribution is 2.42. The molecule has 0 bridgehead atoms. The number of halogens is 4. The number of alkyl halides is 3. The molecule has 0 radical (unpaired) electrons. The van der Waals surface area contributed by atoms with E-state index in [2.05, 4.69) is 26.0 Å². The SMILES string of the molecule is O=C(c1cccc(Br)c1)N1N=C(c2cccnc2)C[C@]1(O)C(F)(F)F. The number of aromatic nitrogens is 1. The average molecular weight is 414 g/mol. The molecule has 0 spiro atoms. The number of hydrazone groups is 1. The Balaban J connectivity index is 2.06. The van der Waals surface area contributed by atoms with Crippen molar-refractivity contribution in [2.24, 2.45) is 5.10 Å². The first kappa shape index (κ1) is 17.6. The molecule has 0 aliphatic carbocycles. The summed E-state index contributed by atoms with van der Waals surface area (Å²) in [6, 6.07) is 8.88. The Labute approximate surface area is 148 Å². The fourth-order valence-corrected chi connectivity index (χ4v) is 2.82. The number of benzene rings is 1. The second-order valence-corrected chi connectivity index (χ2v) is 6.32. The van der Waals surface area contributed by atoms with Crippen LogP contribution >= 0.6 is 15.9 Å². The van der Waals surface area contributed by atoms with Crippen molar-refractivity contribution in [3.05, 3.63) is 64.4 Å². The predicted octanol–water partition coefficient (Wildman–Crippen LogP) is 3.35. The molecule has 5 nitrogen and oxygen atoms in total. The van der Waals surface area contributed by atoms with Gasteiger partial charge in [0.2, 0.25) is 0 Å². The summed E-state index contributed by atoms with van der Waals surface area (Å²) in [4.78, 5) is 16.4. The maximum absolute atomic E-state index is 13.5. The molecular weight excluding hydrogens is 403 g/mol. The van der Waals surface area contributed by atoms with E-state index in [1.165, 1.54) is 42.7 Å². The Morgan fingerprint density at radius 2 is 2.04 bits per heavy atom. The van der Waals surface area contributed by atoms with E-state index in [0.29, 0.717) is 10.0 Å². The van der Waals surface area contributed by atoms with Gasteiger partial charge < -0.3 is 5.11 Å². The lowest BCUT2D eigenvalue weighted by Crippen LogP contribution is -2.56. The van der Waals surface area contributed by atoms with Crippen molar-refractivity contribution >= 4 is 27.5 Å². The molecule has 3 rings (SSSR count). The van der Waals surface area contributed by atoms with Crippen molar-refractivity contribution in [2.45, 2.75) is 18.3 Å². The number of carbonyl (C=O) groups excluding carboxylic acids is 1. The zero-order chi connectivity index (χ0) is 18.2. The van der Waals surface area contributed by atoms with Crippen LogP contribution in [0.1, 0.15) is 22.3 Å². The van der Waals surface area contributed by atoms with Gasteiger partial charge in [0.15, 0.2) is 0 Å². The van der Waals surface area contributed by atoms with Crippen molar-refractivity contribution in [1.29, 1.82) is 0 Å². The van der Waals surface area contributed by atoms with Gasteiger partial charge in [-0.05, 0) is 24.3 Å². The van der Waals surface area contributed by atoms with Crippen molar-refractivity contribution in [3.63, 3.8) is 0 Å².